The second-order valence-corrected chi connectivity index (χ2v) is 3.56. The minimum absolute atomic E-state index is 0.273. The van der Waals surface area contributed by atoms with Crippen molar-refractivity contribution in [1.29, 1.82) is 0 Å². The Morgan fingerprint density at radius 1 is 1.54 bits per heavy atom. The van der Waals surface area contributed by atoms with Crippen molar-refractivity contribution in [2.45, 2.75) is 13.5 Å². The Kier molecular flexibility index (Phi) is 2.00. The van der Waals surface area contributed by atoms with Crippen molar-refractivity contribution in [2.24, 2.45) is 0 Å². The lowest BCUT2D eigenvalue weighted by atomic mass is 10.2. The molecule has 0 aliphatic carbocycles. The molecule has 0 atom stereocenters. The predicted octanol–water partition coefficient (Wildman–Crippen LogP) is 2.52. The number of halogens is 1. The van der Waals surface area contributed by atoms with Crippen LogP contribution in [0.15, 0.2) is 22.8 Å². The van der Waals surface area contributed by atoms with Crippen molar-refractivity contribution in [1.82, 2.24) is 9.78 Å². The largest absolute Gasteiger partial charge is 0.508 e. The van der Waals surface area contributed by atoms with Crippen molar-refractivity contribution in [3.63, 3.8) is 0 Å². The third-order valence-corrected chi connectivity index (χ3v) is 2.58. The van der Waals surface area contributed by atoms with E-state index < -0.39 is 0 Å². The van der Waals surface area contributed by atoms with Crippen LogP contribution < -0.4 is 0 Å². The first-order chi connectivity index (χ1) is 6.22. The third-order valence-electron chi connectivity index (χ3n) is 1.99. The van der Waals surface area contributed by atoms with Gasteiger partial charge in [0.15, 0.2) is 0 Å². The molecule has 0 saturated heterocycles. The van der Waals surface area contributed by atoms with E-state index in [2.05, 4.69) is 21.0 Å². The van der Waals surface area contributed by atoms with Crippen molar-refractivity contribution >= 4 is 26.8 Å². The molecular formula is C9H9BrN2O. The molecule has 0 saturated carbocycles. The summed E-state index contributed by atoms with van der Waals surface area (Å²) in [6.45, 7) is 2.81. The Bertz CT molecular complexity index is 450. The smallest absolute Gasteiger partial charge is 0.136 e. The summed E-state index contributed by atoms with van der Waals surface area (Å²) in [5, 5.41) is 14.6. The van der Waals surface area contributed by atoms with Gasteiger partial charge in [0.05, 0.1) is 5.52 Å². The van der Waals surface area contributed by atoms with E-state index in [0.29, 0.717) is 0 Å². The monoisotopic (exact) mass is 240 g/mol. The van der Waals surface area contributed by atoms with Crippen molar-refractivity contribution in [3.05, 3.63) is 22.8 Å². The summed E-state index contributed by atoms with van der Waals surface area (Å²) in [6.07, 6.45) is 0. The zero-order valence-corrected chi connectivity index (χ0v) is 8.74. The minimum Gasteiger partial charge on any atom is -0.508 e. The van der Waals surface area contributed by atoms with Crippen molar-refractivity contribution in [2.75, 3.05) is 0 Å². The zero-order chi connectivity index (χ0) is 9.42. The fourth-order valence-corrected chi connectivity index (χ4v) is 1.89. The van der Waals surface area contributed by atoms with Gasteiger partial charge in [-0.2, -0.15) is 5.10 Å². The van der Waals surface area contributed by atoms with Gasteiger partial charge in [0, 0.05) is 18.0 Å². The number of aromatic nitrogens is 2. The number of phenolic OH excluding ortho intramolecular Hbond substituents is 1. The van der Waals surface area contributed by atoms with E-state index >= 15 is 0 Å². The number of rotatable bonds is 1. The molecule has 0 unspecified atom stereocenters. The fraction of sp³-hybridized carbons (Fsp3) is 0.222. The SMILES string of the molecule is CCn1nc(Br)c2ccc(O)cc21. The average molecular weight is 241 g/mol. The lowest BCUT2D eigenvalue weighted by Crippen LogP contribution is -1.94. The molecule has 1 aromatic carbocycles. The zero-order valence-electron chi connectivity index (χ0n) is 7.16. The number of benzene rings is 1. The van der Waals surface area contributed by atoms with Crippen LogP contribution in [0.3, 0.4) is 0 Å². The van der Waals surface area contributed by atoms with Crippen molar-refractivity contribution in [3.8, 4) is 5.75 Å². The molecule has 0 radical (unpaired) electrons. The maximum absolute atomic E-state index is 9.30. The highest BCUT2D eigenvalue weighted by atomic mass is 79.9. The van der Waals surface area contributed by atoms with E-state index in [1.54, 1.807) is 12.1 Å². The molecule has 0 fully saturated rings. The summed E-state index contributed by atoms with van der Waals surface area (Å²) in [7, 11) is 0. The van der Waals surface area contributed by atoms with Gasteiger partial charge in [0.2, 0.25) is 0 Å². The molecule has 4 heteroatoms. The summed E-state index contributed by atoms with van der Waals surface area (Å²) in [6, 6.07) is 5.24. The first-order valence-corrected chi connectivity index (χ1v) is 4.86. The molecule has 0 aliphatic heterocycles. The van der Waals surface area contributed by atoms with Crippen molar-refractivity contribution < 1.29 is 5.11 Å². The van der Waals surface area contributed by atoms with Gasteiger partial charge in [0.25, 0.3) is 0 Å². The van der Waals surface area contributed by atoms with E-state index in [1.807, 2.05) is 17.7 Å². The molecule has 13 heavy (non-hydrogen) atoms. The van der Waals surface area contributed by atoms with E-state index in [-0.39, 0.29) is 5.75 Å². The van der Waals surface area contributed by atoms with E-state index in [1.165, 1.54) is 0 Å². The van der Waals surface area contributed by atoms with E-state index in [0.717, 1.165) is 22.1 Å². The molecule has 0 bridgehead atoms. The quantitative estimate of drug-likeness (QED) is 0.832. The van der Waals surface area contributed by atoms with Gasteiger partial charge in [-0.3, -0.25) is 4.68 Å². The fourth-order valence-electron chi connectivity index (χ4n) is 1.36. The topological polar surface area (TPSA) is 38.0 Å². The van der Waals surface area contributed by atoms with Crippen LogP contribution in [-0.2, 0) is 6.54 Å². The first kappa shape index (κ1) is 8.56. The summed E-state index contributed by atoms with van der Waals surface area (Å²) in [5.41, 5.74) is 0.953. The standard InChI is InChI=1S/C9H9BrN2O/c1-2-12-8-5-6(13)3-4-7(8)9(10)11-12/h3-5,13H,2H2,1H3. The normalized spacial score (nSPS) is 10.9. The van der Waals surface area contributed by atoms with E-state index in [9.17, 15) is 5.11 Å². The highest BCUT2D eigenvalue weighted by molar-refractivity contribution is 9.10. The van der Waals surface area contributed by atoms with Crippen LogP contribution in [0.4, 0.5) is 0 Å². The molecule has 1 heterocycles. The van der Waals surface area contributed by atoms with Crippen LogP contribution in [0.5, 0.6) is 5.75 Å². The lowest BCUT2D eigenvalue weighted by Gasteiger charge is -1.97. The van der Waals surface area contributed by atoms with Gasteiger partial charge in [-0.05, 0) is 35.0 Å². The molecular weight excluding hydrogens is 232 g/mol. The van der Waals surface area contributed by atoms with Crippen LogP contribution in [-0.4, -0.2) is 14.9 Å². The number of hydrogen-bond acceptors (Lipinski definition) is 2. The summed E-state index contributed by atoms with van der Waals surface area (Å²) in [5.74, 6) is 0.273. The van der Waals surface area contributed by atoms with Gasteiger partial charge in [-0.25, -0.2) is 0 Å². The second kappa shape index (κ2) is 3.03. The summed E-state index contributed by atoms with van der Waals surface area (Å²) < 4.78 is 2.67. The van der Waals surface area contributed by atoms with Crippen LogP contribution in [0.1, 0.15) is 6.92 Å². The van der Waals surface area contributed by atoms with E-state index in [4.69, 9.17) is 0 Å². The molecule has 0 spiro atoms. The summed E-state index contributed by atoms with van der Waals surface area (Å²) in [4.78, 5) is 0. The molecule has 2 rings (SSSR count). The van der Waals surface area contributed by atoms with Crippen LogP contribution in [0.25, 0.3) is 10.9 Å². The average Bonchev–Trinajstić information content (AvgIpc) is 2.42. The van der Waals surface area contributed by atoms with Gasteiger partial charge in [-0.1, -0.05) is 0 Å². The molecule has 0 aliphatic rings. The highest BCUT2D eigenvalue weighted by Crippen LogP contribution is 2.26. The van der Waals surface area contributed by atoms with Gasteiger partial charge < -0.3 is 5.11 Å². The van der Waals surface area contributed by atoms with Gasteiger partial charge in [0.1, 0.15) is 10.4 Å². The summed E-state index contributed by atoms with van der Waals surface area (Å²) >= 11 is 3.37. The maximum Gasteiger partial charge on any atom is 0.136 e. The number of phenols is 1. The molecule has 1 aromatic heterocycles. The molecule has 1 N–H and O–H groups in total. The van der Waals surface area contributed by atoms with Crippen LogP contribution >= 0.6 is 15.9 Å². The van der Waals surface area contributed by atoms with Gasteiger partial charge in [-0.15, -0.1) is 0 Å². The molecule has 68 valence electrons. The lowest BCUT2D eigenvalue weighted by molar-refractivity contribution is 0.475. The number of hydrogen-bond donors (Lipinski definition) is 1. The third kappa shape index (κ3) is 1.31. The molecule has 2 aromatic rings. The predicted molar refractivity (Wildman–Crippen MR) is 54.8 cm³/mol. The number of nitrogens with zero attached hydrogens (tertiary/aromatic N) is 2. The minimum atomic E-state index is 0.273. The highest BCUT2D eigenvalue weighted by Gasteiger charge is 2.06. The first-order valence-electron chi connectivity index (χ1n) is 4.07. The Hall–Kier alpha value is -1.03. The number of fused-ring (bicyclic) bond motifs is 1. The Morgan fingerprint density at radius 3 is 3.00 bits per heavy atom. The Morgan fingerprint density at radius 2 is 2.31 bits per heavy atom. The number of aromatic hydroxyl groups is 1. The second-order valence-electron chi connectivity index (χ2n) is 2.81. The molecule has 0 amide bonds. The maximum atomic E-state index is 9.30. The molecule has 3 nitrogen and oxygen atoms in total. The van der Waals surface area contributed by atoms with Crippen LogP contribution in [0, 0.1) is 0 Å². The Balaban J connectivity index is 2.81. The van der Waals surface area contributed by atoms with Crippen LogP contribution in [0.2, 0.25) is 0 Å². The Labute approximate surface area is 84.1 Å². The van der Waals surface area contributed by atoms with Gasteiger partial charge >= 0.3 is 0 Å². The number of aryl methyl sites for hydroxylation is 1.